The first kappa shape index (κ1) is 19.9. The van der Waals surface area contributed by atoms with Crippen molar-refractivity contribution in [2.45, 2.75) is 19.4 Å². The Morgan fingerprint density at radius 3 is 2.41 bits per heavy atom. The molecular weight excluding hydrogens is 350 g/mol. The number of rotatable bonds is 7. The van der Waals surface area contributed by atoms with Crippen molar-refractivity contribution < 1.29 is 23.9 Å². The molecule has 2 rings (SSSR count). The Hall–Kier alpha value is -3.42. The first-order valence-corrected chi connectivity index (χ1v) is 8.18. The molecule has 0 aliphatic heterocycles. The van der Waals surface area contributed by atoms with Crippen molar-refractivity contribution in [3.63, 3.8) is 0 Å². The van der Waals surface area contributed by atoms with Gasteiger partial charge in [0.2, 0.25) is 11.8 Å². The molecule has 0 aliphatic carbocycles. The van der Waals surface area contributed by atoms with E-state index in [1.54, 1.807) is 42.6 Å². The number of benzene rings is 1. The van der Waals surface area contributed by atoms with Gasteiger partial charge in [-0.1, -0.05) is 6.07 Å². The Morgan fingerprint density at radius 1 is 1.11 bits per heavy atom. The lowest BCUT2D eigenvalue weighted by molar-refractivity contribution is -0.142. The zero-order valence-corrected chi connectivity index (χ0v) is 15.3. The van der Waals surface area contributed by atoms with Crippen LogP contribution in [0.5, 0.6) is 5.88 Å². The number of nitrogens with one attached hydrogen (secondary N) is 2. The number of nitrogens with zero attached hydrogens (tertiary/aromatic N) is 1. The van der Waals surface area contributed by atoms with E-state index in [0.29, 0.717) is 22.7 Å². The summed E-state index contributed by atoms with van der Waals surface area (Å²) in [5.74, 6) is -0.851. The van der Waals surface area contributed by atoms with Crippen LogP contribution in [0.15, 0.2) is 42.6 Å². The lowest BCUT2D eigenvalue weighted by atomic mass is 10.1. The van der Waals surface area contributed by atoms with Crippen LogP contribution in [0.25, 0.3) is 0 Å². The number of amides is 2. The summed E-state index contributed by atoms with van der Waals surface area (Å²) in [5.41, 5.74) is 1.58. The molecule has 2 aromatic rings. The first-order valence-electron chi connectivity index (χ1n) is 8.18. The zero-order chi connectivity index (χ0) is 19.8. The van der Waals surface area contributed by atoms with Crippen molar-refractivity contribution in [3.05, 3.63) is 53.7 Å². The second kappa shape index (κ2) is 9.33. The predicted octanol–water partition coefficient (Wildman–Crippen LogP) is 1.56. The van der Waals surface area contributed by atoms with Gasteiger partial charge in [0, 0.05) is 36.4 Å². The maximum atomic E-state index is 12.5. The summed E-state index contributed by atoms with van der Waals surface area (Å²) in [4.78, 5) is 39.8. The molecule has 27 heavy (non-hydrogen) atoms. The fraction of sp³-hybridized carbons (Fsp3) is 0.263. The molecule has 0 fully saturated rings. The van der Waals surface area contributed by atoms with Crippen molar-refractivity contribution in [2.24, 2.45) is 0 Å². The molecule has 2 N–H and O–H groups in total. The second-order valence-electron chi connectivity index (χ2n) is 5.68. The van der Waals surface area contributed by atoms with Gasteiger partial charge < -0.3 is 20.1 Å². The molecule has 0 saturated heterocycles. The van der Waals surface area contributed by atoms with E-state index >= 15 is 0 Å². The van der Waals surface area contributed by atoms with Gasteiger partial charge in [-0.25, -0.2) is 9.78 Å². The molecule has 2 amide bonds. The van der Waals surface area contributed by atoms with Gasteiger partial charge >= 0.3 is 5.97 Å². The highest BCUT2D eigenvalue weighted by Crippen LogP contribution is 2.17. The Labute approximate surface area is 156 Å². The molecule has 8 nitrogen and oxygen atoms in total. The minimum absolute atomic E-state index is 0.166. The number of pyridine rings is 1. The number of hydrogen-bond donors (Lipinski definition) is 2. The summed E-state index contributed by atoms with van der Waals surface area (Å²) in [6, 6.07) is 8.89. The minimum atomic E-state index is -0.907. The summed E-state index contributed by atoms with van der Waals surface area (Å²) < 4.78 is 9.98. The largest absolute Gasteiger partial charge is 0.481 e. The third-order valence-electron chi connectivity index (χ3n) is 3.73. The molecule has 1 heterocycles. The average molecular weight is 371 g/mol. The second-order valence-corrected chi connectivity index (χ2v) is 5.68. The third-order valence-corrected chi connectivity index (χ3v) is 3.73. The smallest absolute Gasteiger partial charge is 0.328 e. The van der Waals surface area contributed by atoms with Gasteiger partial charge in [0.25, 0.3) is 5.91 Å². The maximum absolute atomic E-state index is 12.5. The van der Waals surface area contributed by atoms with Gasteiger partial charge in [0.15, 0.2) is 0 Å². The molecule has 0 aliphatic rings. The van der Waals surface area contributed by atoms with Crippen LogP contribution in [0, 0.1) is 0 Å². The van der Waals surface area contributed by atoms with Gasteiger partial charge in [0.1, 0.15) is 6.04 Å². The zero-order valence-electron chi connectivity index (χ0n) is 15.3. The van der Waals surface area contributed by atoms with E-state index in [-0.39, 0.29) is 12.3 Å². The van der Waals surface area contributed by atoms with Crippen LogP contribution in [0.4, 0.5) is 5.69 Å². The molecule has 1 aromatic carbocycles. The van der Waals surface area contributed by atoms with E-state index in [9.17, 15) is 14.4 Å². The number of methoxy groups -OCH3 is 2. The number of anilines is 1. The van der Waals surface area contributed by atoms with Crippen LogP contribution in [-0.4, -0.2) is 43.0 Å². The number of esters is 1. The Morgan fingerprint density at radius 2 is 1.81 bits per heavy atom. The fourth-order valence-corrected chi connectivity index (χ4v) is 2.47. The molecule has 0 spiro atoms. The molecule has 8 heteroatoms. The van der Waals surface area contributed by atoms with E-state index in [2.05, 4.69) is 15.6 Å². The highest BCUT2D eigenvalue weighted by atomic mass is 16.5. The van der Waals surface area contributed by atoms with Crippen LogP contribution in [0.2, 0.25) is 0 Å². The lowest BCUT2D eigenvalue weighted by Crippen LogP contribution is -2.43. The topological polar surface area (TPSA) is 107 Å². The molecule has 1 atom stereocenters. The summed E-state index contributed by atoms with van der Waals surface area (Å²) in [6.45, 7) is 1.40. The summed E-state index contributed by atoms with van der Waals surface area (Å²) in [5, 5.41) is 5.28. The van der Waals surface area contributed by atoms with E-state index in [4.69, 9.17) is 9.47 Å². The van der Waals surface area contributed by atoms with Crippen LogP contribution < -0.4 is 15.4 Å². The summed E-state index contributed by atoms with van der Waals surface area (Å²) >= 11 is 0. The van der Waals surface area contributed by atoms with Gasteiger partial charge in [-0.2, -0.15) is 0 Å². The molecule has 0 unspecified atom stereocenters. The fourth-order valence-electron chi connectivity index (χ4n) is 2.47. The van der Waals surface area contributed by atoms with Crippen molar-refractivity contribution in [1.29, 1.82) is 0 Å². The number of hydrogen-bond acceptors (Lipinski definition) is 6. The highest BCUT2D eigenvalue weighted by molar-refractivity contribution is 5.97. The van der Waals surface area contributed by atoms with E-state index in [0.717, 1.165) is 0 Å². The summed E-state index contributed by atoms with van der Waals surface area (Å²) in [6.07, 6.45) is 1.74. The Bertz CT molecular complexity index is 820. The van der Waals surface area contributed by atoms with Crippen molar-refractivity contribution in [3.8, 4) is 5.88 Å². The molecule has 0 saturated carbocycles. The van der Waals surface area contributed by atoms with Crippen molar-refractivity contribution >= 4 is 23.5 Å². The standard InChI is InChI=1S/C19H21N3O5/c1-12(23)21-15-8-6-13(7-9-15)17(24)22-16(19(25)27-3)11-14-5-4-10-20-18(14)26-2/h4-10,16H,11H2,1-3H3,(H,21,23)(H,22,24)/t16-/m1/s1. The molecule has 1 aromatic heterocycles. The SMILES string of the molecule is COC(=O)[C@@H](Cc1cccnc1OC)NC(=O)c1ccc(NC(C)=O)cc1. The Kier molecular flexibility index (Phi) is 6.87. The maximum Gasteiger partial charge on any atom is 0.328 e. The average Bonchev–Trinajstić information content (AvgIpc) is 2.67. The minimum Gasteiger partial charge on any atom is -0.481 e. The van der Waals surface area contributed by atoms with Crippen LogP contribution in [-0.2, 0) is 20.7 Å². The van der Waals surface area contributed by atoms with Gasteiger partial charge in [0.05, 0.1) is 14.2 Å². The first-order chi connectivity index (χ1) is 12.9. The molecule has 0 bridgehead atoms. The predicted molar refractivity (Wildman–Crippen MR) is 98.5 cm³/mol. The van der Waals surface area contributed by atoms with Crippen LogP contribution >= 0.6 is 0 Å². The van der Waals surface area contributed by atoms with Gasteiger partial charge in [-0.05, 0) is 30.3 Å². The highest BCUT2D eigenvalue weighted by Gasteiger charge is 2.24. The number of carbonyl (C=O) groups excluding carboxylic acids is 3. The number of carbonyl (C=O) groups is 3. The monoisotopic (exact) mass is 371 g/mol. The molecular formula is C19H21N3O5. The van der Waals surface area contributed by atoms with Crippen molar-refractivity contribution in [2.75, 3.05) is 19.5 Å². The number of aromatic nitrogens is 1. The lowest BCUT2D eigenvalue weighted by Gasteiger charge is -2.17. The molecule has 142 valence electrons. The van der Waals surface area contributed by atoms with Crippen LogP contribution in [0.3, 0.4) is 0 Å². The van der Waals surface area contributed by atoms with E-state index in [1.165, 1.54) is 21.1 Å². The van der Waals surface area contributed by atoms with E-state index < -0.39 is 17.9 Å². The Balaban J connectivity index is 2.14. The van der Waals surface area contributed by atoms with Crippen molar-refractivity contribution in [1.82, 2.24) is 10.3 Å². The number of ether oxygens (including phenoxy) is 2. The van der Waals surface area contributed by atoms with Gasteiger partial charge in [-0.3, -0.25) is 9.59 Å². The van der Waals surface area contributed by atoms with Gasteiger partial charge in [-0.15, -0.1) is 0 Å². The third kappa shape index (κ3) is 5.53. The quantitative estimate of drug-likeness (QED) is 0.716. The van der Waals surface area contributed by atoms with Crippen LogP contribution in [0.1, 0.15) is 22.8 Å². The molecule has 0 radical (unpaired) electrons. The normalized spacial score (nSPS) is 11.2. The summed E-state index contributed by atoms with van der Waals surface area (Å²) in [7, 11) is 2.73. The van der Waals surface area contributed by atoms with E-state index in [1.807, 2.05) is 0 Å².